The SMILES string of the molecule is O=C(Cc1ccc(-c2ccccc2)cc1)Nc1ccccc1O. The molecule has 23 heavy (non-hydrogen) atoms. The lowest BCUT2D eigenvalue weighted by atomic mass is 10.0. The molecule has 3 nitrogen and oxygen atoms in total. The minimum absolute atomic E-state index is 0.0697. The van der Waals surface area contributed by atoms with Crippen molar-refractivity contribution in [2.45, 2.75) is 6.42 Å². The van der Waals surface area contributed by atoms with Gasteiger partial charge in [0, 0.05) is 0 Å². The minimum Gasteiger partial charge on any atom is -0.506 e. The first-order chi connectivity index (χ1) is 11.2. The third-order valence-electron chi connectivity index (χ3n) is 3.60. The van der Waals surface area contributed by atoms with Crippen LogP contribution < -0.4 is 5.32 Å². The van der Waals surface area contributed by atoms with Gasteiger partial charge in [-0.05, 0) is 28.8 Å². The number of phenols is 1. The molecule has 3 heteroatoms. The van der Waals surface area contributed by atoms with E-state index in [4.69, 9.17) is 0 Å². The summed E-state index contributed by atoms with van der Waals surface area (Å²) in [7, 11) is 0. The summed E-state index contributed by atoms with van der Waals surface area (Å²) < 4.78 is 0. The Morgan fingerprint density at radius 1 is 0.783 bits per heavy atom. The second-order valence-corrected chi connectivity index (χ2v) is 5.31. The fraction of sp³-hybridized carbons (Fsp3) is 0.0500. The monoisotopic (exact) mass is 303 g/mol. The molecule has 0 bridgehead atoms. The summed E-state index contributed by atoms with van der Waals surface area (Å²) in [5.41, 5.74) is 3.63. The van der Waals surface area contributed by atoms with Gasteiger partial charge in [0.15, 0.2) is 0 Å². The van der Waals surface area contributed by atoms with E-state index in [-0.39, 0.29) is 18.1 Å². The highest BCUT2D eigenvalue weighted by molar-refractivity contribution is 5.93. The Morgan fingerprint density at radius 2 is 1.39 bits per heavy atom. The Morgan fingerprint density at radius 3 is 2.09 bits per heavy atom. The van der Waals surface area contributed by atoms with Crippen molar-refractivity contribution in [3.8, 4) is 16.9 Å². The topological polar surface area (TPSA) is 49.3 Å². The summed E-state index contributed by atoms with van der Waals surface area (Å²) in [6.07, 6.45) is 0.267. The maximum absolute atomic E-state index is 12.1. The largest absolute Gasteiger partial charge is 0.506 e. The number of para-hydroxylation sites is 2. The van der Waals surface area contributed by atoms with Crippen molar-refractivity contribution in [2.24, 2.45) is 0 Å². The normalized spacial score (nSPS) is 10.3. The molecular formula is C20H17NO2. The summed E-state index contributed by atoms with van der Waals surface area (Å²) >= 11 is 0. The second kappa shape index (κ2) is 6.79. The van der Waals surface area contributed by atoms with Crippen LogP contribution in [0.15, 0.2) is 78.9 Å². The highest BCUT2D eigenvalue weighted by Gasteiger charge is 2.07. The lowest BCUT2D eigenvalue weighted by Gasteiger charge is -2.08. The molecule has 0 unspecified atom stereocenters. The average Bonchev–Trinajstić information content (AvgIpc) is 2.58. The number of phenolic OH excluding ortho intramolecular Hbond substituents is 1. The van der Waals surface area contributed by atoms with Crippen LogP contribution in [0.2, 0.25) is 0 Å². The van der Waals surface area contributed by atoms with Crippen molar-refractivity contribution in [3.63, 3.8) is 0 Å². The molecule has 3 aromatic carbocycles. The zero-order chi connectivity index (χ0) is 16.1. The van der Waals surface area contributed by atoms with Crippen LogP contribution in [0.1, 0.15) is 5.56 Å². The predicted octanol–water partition coefficient (Wildman–Crippen LogP) is 4.24. The van der Waals surface area contributed by atoms with Crippen molar-refractivity contribution in [2.75, 3.05) is 5.32 Å². The number of carbonyl (C=O) groups is 1. The molecule has 0 radical (unpaired) electrons. The number of anilines is 1. The number of carbonyl (C=O) groups excluding carboxylic acids is 1. The number of rotatable bonds is 4. The highest BCUT2D eigenvalue weighted by Crippen LogP contribution is 2.22. The van der Waals surface area contributed by atoms with Crippen molar-refractivity contribution in [1.82, 2.24) is 0 Å². The number of aromatic hydroxyl groups is 1. The van der Waals surface area contributed by atoms with E-state index in [9.17, 15) is 9.90 Å². The standard InChI is InChI=1S/C20H17NO2/c22-19-9-5-4-8-18(19)21-20(23)14-15-10-12-17(13-11-15)16-6-2-1-3-7-16/h1-13,22H,14H2,(H,21,23). The summed E-state index contributed by atoms with van der Waals surface area (Å²) in [5.74, 6) is -0.0840. The third kappa shape index (κ3) is 3.77. The average molecular weight is 303 g/mol. The van der Waals surface area contributed by atoms with Crippen LogP contribution in [0.4, 0.5) is 5.69 Å². The van der Waals surface area contributed by atoms with E-state index in [1.165, 1.54) is 0 Å². The molecule has 1 amide bonds. The molecular weight excluding hydrogens is 286 g/mol. The number of nitrogens with one attached hydrogen (secondary N) is 1. The Balaban J connectivity index is 1.66. The molecule has 0 heterocycles. The summed E-state index contributed by atoms with van der Waals surface area (Å²) in [6.45, 7) is 0. The molecule has 0 aliphatic heterocycles. The van der Waals surface area contributed by atoms with Gasteiger partial charge in [-0.15, -0.1) is 0 Å². The van der Waals surface area contributed by atoms with Gasteiger partial charge < -0.3 is 10.4 Å². The van der Waals surface area contributed by atoms with Gasteiger partial charge in [0.1, 0.15) is 5.75 Å². The van der Waals surface area contributed by atoms with Crippen LogP contribution >= 0.6 is 0 Å². The van der Waals surface area contributed by atoms with Gasteiger partial charge in [-0.1, -0.05) is 66.7 Å². The van der Waals surface area contributed by atoms with Gasteiger partial charge in [-0.2, -0.15) is 0 Å². The summed E-state index contributed by atoms with van der Waals surface area (Å²) in [6, 6.07) is 24.7. The van der Waals surface area contributed by atoms with Gasteiger partial charge in [-0.25, -0.2) is 0 Å². The number of benzene rings is 3. The van der Waals surface area contributed by atoms with Crippen molar-refractivity contribution >= 4 is 11.6 Å². The molecule has 0 spiro atoms. The Hall–Kier alpha value is -3.07. The van der Waals surface area contributed by atoms with E-state index in [2.05, 4.69) is 17.4 Å². The number of hydrogen-bond acceptors (Lipinski definition) is 2. The third-order valence-corrected chi connectivity index (χ3v) is 3.60. The van der Waals surface area contributed by atoms with E-state index in [1.807, 2.05) is 42.5 Å². The van der Waals surface area contributed by atoms with E-state index in [0.717, 1.165) is 16.7 Å². The highest BCUT2D eigenvalue weighted by atomic mass is 16.3. The van der Waals surface area contributed by atoms with Crippen molar-refractivity contribution in [3.05, 3.63) is 84.4 Å². The van der Waals surface area contributed by atoms with Crippen LogP contribution in [0.3, 0.4) is 0 Å². The molecule has 0 fully saturated rings. The number of amides is 1. The molecule has 3 rings (SSSR count). The minimum atomic E-state index is -0.154. The van der Waals surface area contributed by atoms with E-state index in [0.29, 0.717) is 5.69 Å². The second-order valence-electron chi connectivity index (χ2n) is 5.31. The van der Waals surface area contributed by atoms with Gasteiger partial charge in [0.05, 0.1) is 12.1 Å². The smallest absolute Gasteiger partial charge is 0.228 e. The van der Waals surface area contributed by atoms with E-state index in [1.54, 1.807) is 24.3 Å². The van der Waals surface area contributed by atoms with Crippen LogP contribution in [-0.4, -0.2) is 11.0 Å². The van der Waals surface area contributed by atoms with Crippen LogP contribution in [0.25, 0.3) is 11.1 Å². The summed E-state index contributed by atoms with van der Waals surface area (Å²) in [4.78, 5) is 12.1. The number of hydrogen-bond donors (Lipinski definition) is 2. The molecule has 0 aromatic heterocycles. The van der Waals surface area contributed by atoms with Crippen LogP contribution in [0, 0.1) is 0 Å². The Kier molecular flexibility index (Phi) is 4.39. The maximum atomic E-state index is 12.1. The first kappa shape index (κ1) is 14.9. The fourth-order valence-corrected chi connectivity index (χ4v) is 2.40. The van der Waals surface area contributed by atoms with E-state index >= 15 is 0 Å². The van der Waals surface area contributed by atoms with Gasteiger partial charge in [0.2, 0.25) is 5.91 Å². The predicted molar refractivity (Wildman–Crippen MR) is 92.3 cm³/mol. The van der Waals surface area contributed by atoms with E-state index < -0.39 is 0 Å². The first-order valence-corrected chi connectivity index (χ1v) is 7.44. The molecule has 114 valence electrons. The first-order valence-electron chi connectivity index (χ1n) is 7.44. The van der Waals surface area contributed by atoms with Crippen molar-refractivity contribution < 1.29 is 9.90 Å². The molecule has 0 saturated heterocycles. The zero-order valence-electron chi connectivity index (χ0n) is 12.6. The molecule has 0 aliphatic rings. The van der Waals surface area contributed by atoms with Crippen molar-refractivity contribution in [1.29, 1.82) is 0 Å². The lowest BCUT2D eigenvalue weighted by molar-refractivity contribution is -0.115. The fourth-order valence-electron chi connectivity index (χ4n) is 2.40. The van der Waals surface area contributed by atoms with Crippen LogP contribution in [0.5, 0.6) is 5.75 Å². The van der Waals surface area contributed by atoms with Gasteiger partial charge in [0.25, 0.3) is 0 Å². The maximum Gasteiger partial charge on any atom is 0.228 e. The molecule has 3 aromatic rings. The lowest BCUT2D eigenvalue weighted by Crippen LogP contribution is -2.14. The summed E-state index contributed by atoms with van der Waals surface area (Å²) in [5, 5.41) is 12.4. The molecule has 0 atom stereocenters. The van der Waals surface area contributed by atoms with Gasteiger partial charge >= 0.3 is 0 Å². The zero-order valence-corrected chi connectivity index (χ0v) is 12.6. The quantitative estimate of drug-likeness (QED) is 0.708. The Labute approximate surface area is 135 Å². The molecule has 2 N–H and O–H groups in total. The Bertz CT molecular complexity index is 795. The molecule has 0 aliphatic carbocycles. The van der Waals surface area contributed by atoms with Gasteiger partial charge in [-0.3, -0.25) is 4.79 Å². The van der Waals surface area contributed by atoms with Crippen LogP contribution in [-0.2, 0) is 11.2 Å². The molecule has 0 saturated carbocycles.